The van der Waals surface area contributed by atoms with E-state index in [4.69, 9.17) is 5.11 Å². The lowest BCUT2D eigenvalue weighted by Crippen LogP contribution is -2.44. The number of rotatable bonds is 4. The van der Waals surface area contributed by atoms with E-state index in [0.717, 1.165) is 0 Å². The first-order chi connectivity index (χ1) is 7.49. The lowest BCUT2D eigenvalue weighted by molar-refractivity contribution is -0.138. The molecule has 88 valence electrons. The maximum Gasteiger partial charge on any atom is 0.325 e. The van der Waals surface area contributed by atoms with E-state index in [-0.39, 0.29) is 6.54 Å². The van der Waals surface area contributed by atoms with E-state index in [9.17, 15) is 9.59 Å². The predicted octanol–water partition coefficient (Wildman–Crippen LogP) is -0.913. The highest BCUT2D eigenvalue weighted by Gasteiger charge is 2.13. The zero-order valence-corrected chi connectivity index (χ0v) is 8.97. The predicted molar refractivity (Wildman–Crippen MR) is 53.5 cm³/mol. The number of aromatic nitrogens is 3. The molecule has 1 aromatic rings. The van der Waals surface area contributed by atoms with Crippen LogP contribution in [0.15, 0.2) is 6.33 Å². The Morgan fingerprint density at radius 1 is 1.62 bits per heavy atom. The van der Waals surface area contributed by atoms with Crippen LogP contribution in [-0.4, -0.2) is 37.9 Å². The first-order valence-electron chi connectivity index (χ1n) is 4.60. The molecule has 0 aliphatic carbocycles. The van der Waals surface area contributed by atoms with Crippen molar-refractivity contribution in [3.8, 4) is 0 Å². The highest BCUT2D eigenvalue weighted by atomic mass is 16.4. The number of urea groups is 1. The zero-order valence-electron chi connectivity index (χ0n) is 8.97. The van der Waals surface area contributed by atoms with E-state index < -0.39 is 18.0 Å². The average Bonchev–Trinajstić information content (AvgIpc) is 2.61. The molecule has 1 aromatic heterocycles. The third-order valence-corrected chi connectivity index (χ3v) is 1.77. The molecule has 1 atom stereocenters. The second-order valence-electron chi connectivity index (χ2n) is 3.22. The Morgan fingerprint density at radius 2 is 2.31 bits per heavy atom. The summed E-state index contributed by atoms with van der Waals surface area (Å²) in [5, 5.41) is 17.2. The second kappa shape index (κ2) is 5.10. The van der Waals surface area contributed by atoms with Gasteiger partial charge in [0.2, 0.25) is 0 Å². The van der Waals surface area contributed by atoms with Crippen LogP contribution in [0.5, 0.6) is 0 Å². The number of carboxylic acids is 1. The third-order valence-electron chi connectivity index (χ3n) is 1.77. The molecule has 0 aliphatic rings. The zero-order chi connectivity index (χ0) is 12.1. The molecule has 0 aromatic carbocycles. The van der Waals surface area contributed by atoms with E-state index in [1.54, 1.807) is 7.05 Å². The van der Waals surface area contributed by atoms with E-state index in [0.29, 0.717) is 5.82 Å². The van der Waals surface area contributed by atoms with Crippen LogP contribution in [0.2, 0.25) is 0 Å². The Hall–Kier alpha value is -2.12. The maximum absolute atomic E-state index is 11.2. The van der Waals surface area contributed by atoms with Crippen molar-refractivity contribution in [1.82, 2.24) is 25.4 Å². The minimum absolute atomic E-state index is 0.152. The van der Waals surface area contributed by atoms with Crippen LogP contribution >= 0.6 is 0 Å². The SMILES string of the molecule is C[C@@H](NC(=O)NCc1ncn(C)n1)C(=O)O. The number of carboxylic acid groups (broad SMARTS) is 1. The molecular formula is C8H13N5O3. The Balaban J connectivity index is 2.33. The van der Waals surface area contributed by atoms with Gasteiger partial charge in [-0.05, 0) is 6.92 Å². The monoisotopic (exact) mass is 227 g/mol. The van der Waals surface area contributed by atoms with Crippen LogP contribution in [0.4, 0.5) is 4.79 Å². The molecule has 2 amide bonds. The molecule has 0 saturated heterocycles. The molecule has 8 heteroatoms. The van der Waals surface area contributed by atoms with Gasteiger partial charge < -0.3 is 15.7 Å². The molecule has 0 bridgehead atoms. The second-order valence-corrected chi connectivity index (χ2v) is 3.22. The maximum atomic E-state index is 11.2. The van der Waals surface area contributed by atoms with Gasteiger partial charge in [-0.2, -0.15) is 5.10 Å². The molecule has 0 saturated carbocycles. The molecule has 8 nitrogen and oxygen atoms in total. The smallest absolute Gasteiger partial charge is 0.325 e. The number of aryl methyl sites for hydroxylation is 1. The third kappa shape index (κ3) is 3.56. The number of carbonyl (C=O) groups excluding carboxylic acids is 1. The Bertz CT molecular complexity index is 389. The topological polar surface area (TPSA) is 109 Å². The number of nitrogens with one attached hydrogen (secondary N) is 2. The van der Waals surface area contributed by atoms with Crippen molar-refractivity contribution in [3.63, 3.8) is 0 Å². The van der Waals surface area contributed by atoms with Gasteiger partial charge in [-0.1, -0.05) is 0 Å². The summed E-state index contributed by atoms with van der Waals surface area (Å²) in [5.74, 6) is -0.633. The van der Waals surface area contributed by atoms with Gasteiger partial charge in [-0.15, -0.1) is 0 Å². The van der Waals surface area contributed by atoms with Crippen molar-refractivity contribution in [1.29, 1.82) is 0 Å². The van der Waals surface area contributed by atoms with Crippen molar-refractivity contribution in [3.05, 3.63) is 12.2 Å². The quantitative estimate of drug-likeness (QED) is 0.616. The van der Waals surface area contributed by atoms with Crippen molar-refractivity contribution in [2.24, 2.45) is 7.05 Å². The molecule has 0 unspecified atom stereocenters. The van der Waals surface area contributed by atoms with Gasteiger partial charge >= 0.3 is 12.0 Å². The first kappa shape index (κ1) is 12.0. The molecule has 0 radical (unpaired) electrons. The van der Waals surface area contributed by atoms with Gasteiger partial charge in [-0.25, -0.2) is 9.78 Å². The van der Waals surface area contributed by atoms with Crippen molar-refractivity contribution < 1.29 is 14.7 Å². The molecule has 16 heavy (non-hydrogen) atoms. The largest absolute Gasteiger partial charge is 0.480 e. The van der Waals surface area contributed by atoms with E-state index in [1.807, 2.05) is 0 Å². The van der Waals surface area contributed by atoms with E-state index in [2.05, 4.69) is 20.7 Å². The van der Waals surface area contributed by atoms with Crippen LogP contribution in [0, 0.1) is 0 Å². The highest BCUT2D eigenvalue weighted by molar-refractivity contribution is 5.81. The summed E-state index contributed by atoms with van der Waals surface area (Å²) < 4.78 is 1.51. The van der Waals surface area contributed by atoms with Gasteiger partial charge in [0.05, 0.1) is 6.54 Å². The first-order valence-corrected chi connectivity index (χ1v) is 4.60. The Labute approximate surface area is 91.7 Å². The number of amides is 2. The van der Waals surface area contributed by atoms with Crippen LogP contribution in [-0.2, 0) is 18.4 Å². The lowest BCUT2D eigenvalue weighted by Gasteiger charge is -2.09. The number of carbonyl (C=O) groups is 2. The number of hydrogen-bond donors (Lipinski definition) is 3. The normalized spacial score (nSPS) is 11.9. The van der Waals surface area contributed by atoms with Gasteiger partial charge in [0.1, 0.15) is 12.4 Å². The Morgan fingerprint density at radius 3 is 2.81 bits per heavy atom. The van der Waals surface area contributed by atoms with Gasteiger partial charge in [0.15, 0.2) is 5.82 Å². The summed E-state index contributed by atoms with van der Waals surface area (Å²) >= 11 is 0. The highest BCUT2D eigenvalue weighted by Crippen LogP contribution is 1.87. The summed E-state index contributed by atoms with van der Waals surface area (Å²) in [6.07, 6.45) is 1.51. The van der Waals surface area contributed by atoms with Crippen LogP contribution in [0.1, 0.15) is 12.7 Å². The summed E-state index contributed by atoms with van der Waals surface area (Å²) in [6, 6.07) is -1.50. The molecule has 1 rings (SSSR count). The fourth-order valence-electron chi connectivity index (χ4n) is 0.934. The minimum atomic E-state index is -1.09. The molecule has 0 spiro atoms. The lowest BCUT2D eigenvalue weighted by atomic mass is 10.3. The van der Waals surface area contributed by atoms with Crippen molar-refractivity contribution in [2.75, 3.05) is 0 Å². The summed E-state index contributed by atoms with van der Waals surface area (Å²) in [7, 11) is 1.71. The Kier molecular flexibility index (Phi) is 3.81. The van der Waals surface area contributed by atoms with Crippen LogP contribution in [0.25, 0.3) is 0 Å². The number of nitrogens with zero attached hydrogens (tertiary/aromatic N) is 3. The minimum Gasteiger partial charge on any atom is -0.480 e. The van der Waals surface area contributed by atoms with Gasteiger partial charge in [0.25, 0.3) is 0 Å². The number of hydrogen-bond acceptors (Lipinski definition) is 4. The molecule has 0 fully saturated rings. The van der Waals surface area contributed by atoms with E-state index in [1.165, 1.54) is 17.9 Å². The van der Waals surface area contributed by atoms with Crippen LogP contribution < -0.4 is 10.6 Å². The van der Waals surface area contributed by atoms with Crippen molar-refractivity contribution >= 4 is 12.0 Å². The fraction of sp³-hybridized carbons (Fsp3) is 0.500. The summed E-state index contributed by atoms with van der Waals surface area (Å²) in [5.41, 5.74) is 0. The molecule has 1 heterocycles. The standard InChI is InChI=1S/C8H13N5O3/c1-5(7(14)15)11-8(16)9-3-6-10-4-13(2)12-6/h4-5H,3H2,1-2H3,(H,14,15)(H2,9,11,16)/t5-/m1/s1. The molecule has 3 N–H and O–H groups in total. The average molecular weight is 227 g/mol. The van der Waals surface area contributed by atoms with Crippen molar-refractivity contribution in [2.45, 2.75) is 19.5 Å². The summed E-state index contributed by atoms with van der Waals surface area (Å²) in [6.45, 7) is 1.53. The molecule has 0 aliphatic heterocycles. The van der Waals surface area contributed by atoms with E-state index >= 15 is 0 Å². The number of aliphatic carboxylic acids is 1. The fourth-order valence-corrected chi connectivity index (χ4v) is 0.934. The van der Waals surface area contributed by atoms with Gasteiger partial charge in [0, 0.05) is 7.05 Å². The summed E-state index contributed by atoms with van der Waals surface area (Å²) in [4.78, 5) is 25.5. The van der Waals surface area contributed by atoms with Gasteiger partial charge in [-0.3, -0.25) is 9.48 Å². The molecular weight excluding hydrogens is 214 g/mol. The van der Waals surface area contributed by atoms with Crippen LogP contribution in [0.3, 0.4) is 0 Å².